The lowest BCUT2D eigenvalue weighted by Crippen LogP contribution is -2.53. The molecule has 1 fully saturated rings. The Morgan fingerprint density at radius 1 is 1.40 bits per heavy atom. The molecular formula is C20H32N2O3. The zero-order valence-corrected chi connectivity index (χ0v) is 15.9. The smallest absolute Gasteiger partial charge is 0.225 e. The molecule has 1 aliphatic carbocycles. The molecule has 0 spiro atoms. The van der Waals surface area contributed by atoms with Crippen molar-refractivity contribution in [1.29, 1.82) is 0 Å². The Morgan fingerprint density at radius 2 is 2.16 bits per heavy atom. The average Bonchev–Trinajstić information content (AvgIpc) is 2.59. The monoisotopic (exact) mass is 348 g/mol. The average molecular weight is 348 g/mol. The van der Waals surface area contributed by atoms with Gasteiger partial charge in [-0.15, -0.1) is 0 Å². The van der Waals surface area contributed by atoms with E-state index in [1.165, 1.54) is 0 Å². The maximum Gasteiger partial charge on any atom is 0.225 e. The second-order valence-corrected chi connectivity index (χ2v) is 7.29. The number of ether oxygens (including phenoxy) is 2. The maximum absolute atomic E-state index is 12.7. The molecule has 5 nitrogen and oxygen atoms in total. The van der Waals surface area contributed by atoms with Crippen molar-refractivity contribution in [3.05, 3.63) is 23.8 Å². The van der Waals surface area contributed by atoms with E-state index in [0.717, 1.165) is 43.4 Å². The summed E-state index contributed by atoms with van der Waals surface area (Å²) in [5.74, 6) is 1.34. The molecule has 0 heterocycles. The lowest BCUT2D eigenvalue weighted by molar-refractivity contribution is -0.128. The Kier molecular flexibility index (Phi) is 6.71. The van der Waals surface area contributed by atoms with Gasteiger partial charge in [-0.25, -0.2) is 0 Å². The molecule has 1 aromatic rings. The highest BCUT2D eigenvalue weighted by atomic mass is 16.5. The third-order valence-electron chi connectivity index (χ3n) is 5.08. The summed E-state index contributed by atoms with van der Waals surface area (Å²) in [7, 11) is 1.63. The Morgan fingerprint density at radius 3 is 2.80 bits per heavy atom. The summed E-state index contributed by atoms with van der Waals surface area (Å²) in [4.78, 5) is 12.7. The van der Waals surface area contributed by atoms with Crippen molar-refractivity contribution in [2.75, 3.05) is 13.7 Å². The molecule has 0 bridgehead atoms. The molecule has 3 N–H and O–H groups in total. The van der Waals surface area contributed by atoms with Crippen molar-refractivity contribution in [2.24, 2.45) is 11.7 Å². The van der Waals surface area contributed by atoms with Gasteiger partial charge in [0.25, 0.3) is 0 Å². The summed E-state index contributed by atoms with van der Waals surface area (Å²) in [6.07, 6.45) is 4.87. The quantitative estimate of drug-likeness (QED) is 0.790. The molecule has 25 heavy (non-hydrogen) atoms. The number of nitrogens with one attached hydrogen (secondary N) is 1. The number of hydrogen-bond acceptors (Lipinski definition) is 4. The largest absolute Gasteiger partial charge is 0.493 e. The fourth-order valence-corrected chi connectivity index (χ4v) is 3.47. The topological polar surface area (TPSA) is 73.6 Å². The van der Waals surface area contributed by atoms with Crippen molar-refractivity contribution >= 4 is 5.91 Å². The van der Waals surface area contributed by atoms with Gasteiger partial charge in [0.15, 0.2) is 11.5 Å². The third kappa shape index (κ3) is 4.88. The highest BCUT2D eigenvalue weighted by molar-refractivity contribution is 5.80. The predicted octanol–water partition coefficient (Wildman–Crippen LogP) is 3.57. The van der Waals surface area contributed by atoms with E-state index in [2.05, 4.69) is 12.2 Å². The van der Waals surface area contributed by atoms with Crippen molar-refractivity contribution in [3.8, 4) is 11.5 Å². The highest BCUT2D eigenvalue weighted by Gasteiger charge is 2.38. The lowest BCUT2D eigenvalue weighted by Gasteiger charge is -2.37. The SMILES string of the molecule is CCCOc1ccc(C(C)NC(=O)C2CCCCC2(C)N)cc1OC. The molecule has 3 atom stereocenters. The molecule has 0 aromatic heterocycles. The summed E-state index contributed by atoms with van der Waals surface area (Å²) in [6, 6.07) is 5.69. The molecule has 3 unspecified atom stereocenters. The first-order valence-corrected chi connectivity index (χ1v) is 9.29. The molecule has 140 valence electrons. The van der Waals surface area contributed by atoms with E-state index in [1.807, 2.05) is 32.0 Å². The van der Waals surface area contributed by atoms with Crippen LogP contribution in [0.25, 0.3) is 0 Å². The number of methoxy groups -OCH3 is 1. The van der Waals surface area contributed by atoms with Crippen molar-refractivity contribution in [3.63, 3.8) is 0 Å². The molecule has 1 aromatic carbocycles. The van der Waals surface area contributed by atoms with Gasteiger partial charge < -0.3 is 20.5 Å². The fourth-order valence-electron chi connectivity index (χ4n) is 3.47. The van der Waals surface area contributed by atoms with Crippen molar-refractivity contribution < 1.29 is 14.3 Å². The number of carbonyl (C=O) groups is 1. The summed E-state index contributed by atoms with van der Waals surface area (Å²) in [5.41, 5.74) is 6.92. The van der Waals surface area contributed by atoms with Crippen LogP contribution < -0.4 is 20.5 Å². The number of carbonyl (C=O) groups excluding carboxylic acids is 1. The second-order valence-electron chi connectivity index (χ2n) is 7.29. The van der Waals surface area contributed by atoms with E-state index in [-0.39, 0.29) is 17.9 Å². The number of amides is 1. The summed E-state index contributed by atoms with van der Waals surface area (Å²) in [5, 5.41) is 3.12. The van der Waals surface area contributed by atoms with Crippen molar-refractivity contribution in [2.45, 2.75) is 64.5 Å². The summed E-state index contributed by atoms with van der Waals surface area (Å²) >= 11 is 0. The van der Waals surface area contributed by atoms with Gasteiger partial charge in [-0.05, 0) is 50.8 Å². The van der Waals surface area contributed by atoms with Crippen LogP contribution in [-0.4, -0.2) is 25.2 Å². The summed E-state index contributed by atoms with van der Waals surface area (Å²) in [6.45, 7) is 6.69. The minimum atomic E-state index is -0.419. The van der Waals surface area contributed by atoms with Gasteiger partial charge in [-0.2, -0.15) is 0 Å². The van der Waals surface area contributed by atoms with Gasteiger partial charge in [0, 0.05) is 5.54 Å². The van der Waals surface area contributed by atoms with Gasteiger partial charge >= 0.3 is 0 Å². The van der Waals surface area contributed by atoms with Gasteiger partial charge in [-0.3, -0.25) is 4.79 Å². The predicted molar refractivity (Wildman–Crippen MR) is 99.9 cm³/mol. The number of nitrogens with two attached hydrogens (primary N) is 1. The Hall–Kier alpha value is -1.75. The van der Waals surface area contributed by atoms with E-state index in [1.54, 1.807) is 7.11 Å². The third-order valence-corrected chi connectivity index (χ3v) is 5.08. The molecular weight excluding hydrogens is 316 g/mol. The van der Waals surface area contributed by atoms with E-state index < -0.39 is 5.54 Å². The number of hydrogen-bond donors (Lipinski definition) is 2. The molecule has 0 saturated heterocycles. The minimum Gasteiger partial charge on any atom is -0.493 e. The standard InChI is InChI=1S/C20H32N2O3/c1-5-12-25-17-10-9-15(13-18(17)24-4)14(2)22-19(23)16-8-6-7-11-20(16,3)21/h9-10,13-14,16H,5-8,11-12,21H2,1-4H3,(H,22,23). The van der Waals surface area contributed by atoms with Crippen LogP contribution in [0.15, 0.2) is 18.2 Å². The first-order chi connectivity index (χ1) is 11.9. The first-order valence-electron chi connectivity index (χ1n) is 9.29. The minimum absolute atomic E-state index is 0.0440. The summed E-state index contributed by atoms with van der Waals surface area (Å²) < 4.78 is 11.1. The maximum atomic E-state index is 12.7. The van der Waals surface area contributed by atoms with E-state index in [0.29, 0.717) is 12.4 Å². The molecule has 1 aliphatic rings. The van der Waals surface area contributed by atoms with Crippen LogP contribution >= 0.6 is 0 Å². The van der Waals surface area contributed by atoms with Gasteiger partial charge in [0.2, 0.25) is 5.91 Å². The fraction of sp³-hybridized carbons (Fsp3) is 0.650. The Bertz CT molecular complexity index is 586. The number of benzene rings is 1. The van der Waals surface area contributed by atoms with Crippen LogP contribution in [0.1, 0.15) is 64.5 Å². The zero-order valence-electron chi connectivity index (χ0n) is 15.9. The second kappa shape index (κ2) is 8.56. The zero-order chi connectivity index (χ0) is 18.4. The molecule has 1 saturated carbocycles. The normalized spacial score (nSPS) is 24.4. The van der Waals surface area contributed by atoms with Crippen LogP contribution in [0.4, 0.5) is 0 Å². The highest BCUT2D eigenvalue weighted by Crippen LogP contribution is 2.33. The molecule has 0 radical (unpaired) electrons. The van der Waals surface area contributed by atoms with Crippen LogP contribution in [0, 0.1) is 5.92 Å². The molecule has 0 aliphatic heterocycles. The number of rotatable bonds is 7. The molecule has 1 amide bonds. The van der Waals surface area contributed by atoms with Crippen molar-refractivity contribution in [1.82, 2.24) is 5.32 Å². The van der Waals surface area contributed by atoms with Gasteiger partial charge in [0.05, 0.1) is 25.7 Å². The molecule has 2 rings (SSSR count). The van der Waals surface area contributed by atoms with E-state index in [9.17, 15) is 4.79 Å². The van der Waals surface area contributed by atoms with Crippen LogP contribution in [0.5, 0.6) is 11.5 Å². The van der Waals surface area contributed by atoms with Gasteiger partial charge in [-0.1, -0.05) is 25.8 Å². The lowest BCUT2D eigenvalue weighted by atomic mass is 9.74. The molecule has 5 heteroatoms. The Balaban J connectivity index is 2.07. The van der Waals surface area contributed by atoms with Gasteiger partial charge in [0.1, 0.15) is 0 Å². The van der Waals surface area contributed by atoms with Crippen LogP contribution in [0.2, 0.25) is 0 Å². The van der Waals surface area contributed by atoms with E-state index >= 15 is 0 Å². The first kappa shape index (κ1) is 19.6. The Labute approximate surface area is 151 Å². The van der Waals surface area contributed by atoms with Crippen LogP contribution in [-0.2, 0) is 4.79 Å². The van der Waals surface area contributed by atoms with E-state index in [4.69, 9.17) is 15.2 Å². The van der Waals surface area contributed by atoms with Crippen LogP contribution in [0.3, 0.4) is 0 Å².